The van der Waals surface area contributed by atoms with Gasteiger partial charge in [-0.05, 0) is 42.3 Å². The molecule has 8 nitrogen and oxygen atoms in total. The van der Waals surface area contributed by atoms with E-state index in [4.69, 9.17) is 16.3 Å². The molecule has 0 aliphatic carbocycles. The molecule has 0 aliphatic heterocycles. The van der Waals surface area contributed by atoms with Crippen LogP contribution in [0.2, 0.25) is 5.02 Å². The Morgan fingerprint density at radius 2 is 1.88 bits per heavy atom. The minimum atomic E-state index is -3.75. The molecule has 2 heterocycles. The number of halogens is 1. The number of aromatic nitrogens is 3. The number of nitrogens with zero attached hydrogens (tertiary/aromatic N) is 3. The first-order valence-corrected chi connectivity index (χ1v) is 12.1. The smallest absolute Gasteiger partial charge is 0.254 e. The Morgan fingerprint density at radius 3 is 2.61 bits per heavy atom. The average molecular weight is 485 g/mol. The van der Waals surface area contributed by atoms with Crippen LogP contribution in [0, 0.1) is 0 Å². The predicted molar refractivity (Wildman–Crippen MR) is 123 cm³/mol. The fraction of sp³-hybridized carbons (Fsp3) is 0.174. The average Bonchev–Trinajstić information content (AvgIpc) is 3.30. The number of ether oxygens (including phenoxy) is 1. The lowest BCUT2D eigenvalue weighted by Crippen LogP contribution is -2.23. The van der Waals surface area contributed by atoms with E-state index in [9.17, 15) is 13.2 Å². The van der Waals surface area contributed by atoms with Crippen LogP contribution in [0.25, 0.3) is 5.78 Å². The van der Waals surface area contributed by atoms with Crippen LogP contribution in [0.5, 0.6) is 5.75 Å². The molecule has 170 valence electrons. The Morgan fingerprint density at radius 1 is 1.12 bits per heavy atom. The van der Waals surface area contributed by atoms with Crippen LogP contribution in [-0.2, 0) is 16.4 Å². The number of sulfone groups is 1. The second-order valence-corrected chi connectivity index (χ2v) is 9.60. The highest BCUT2D eigenvalue weighted by molar-refractivity contribution is 7.91. The maximum Gasteiger partial charge on any atom is 0.254 e. The van der Waals surface area contributed by atoms with Crippen molar-refractivity contribution in [2.75, 3.05) is 6.61 Å². The van der Waals surface area contributed by atoms with Gasteiger partial charge in [0.05, 0.1) is 27.0 Å². The van der Waals surface area contributed by atoms with Crippen molar-refractivity contribution in [3.8, 4) is 5.75 Å². The van der Waals surface area contributed by atoms with Crippen LogP contribution in [0.15, 0.2) is 77.0 Å². The third-order valence-electron chi connectivity index (χ3n) is 4.87. The van der Waals surface area contributed by atoms with Crippen molar-refractivity contribution in [1.29, 1.82) is 0 Å². The summed E-state index contributed by atoms with van der Waals surface area (Å²) in [4.78, 5) is 20.8. The molecule has 4 aromatic rings. The first-order valence-electron chi connectivity index (χ1n) is 10.2. The van der Waals surface area contributed by atoms with E-state index in [0.29, 0.717) is 23.7 Å². The maximum absolute atomic E-state index is 13.0. The third kappa shape index (κ3) is 4.99. The Balaban J connectivity index is 1.43. The summed E-state index contributed by atoms with van der Waals surface area (Å²) in [7, 11) is -3.75. The number of imidazole rings is 1. The van der Waals surface area contributed by atoms with Crippen molar-refractivity contribution in [1.82, 2.24) is 19.7 Å². The zero-order valence-electron chi connectivity index (χ0n) is 17.7. The molecule has 0 aliphatic rings. The largest absolute Gasteiger partial charge is 0.492 e. The van der Waals surface area contributed by atoms with Crippen LogP contribution in [0.3, 0.4) is 0 Å². The minimum absolute atomic E-state index is 0.0831. The predicted octanol–water partition coefficient (Wildman–Crippen LogP) is 3.93. The number of benzene rings is 2. The summed E-state index contributed by atoms with van der Waals surface area (Å²) >= 11 is 6.19. The van der Waals surface area contributed by atoms with Gasteiger partial charge in [0.1, 0.15) is 5.75 Å². The number of hydrogen-bond acceptors (Lipinski definition) is 6. The zero-order chi connectivity index (χ0) is 23.4. The summed E-state index contributed by atoms with van der Waals surface area (Å²) in [5.74, 6) is 0.661. The molecule has 2 aromatic carbocycles. The molecule has 33 heavy (non-hydrogen) atoms. The van der Waals surface area contributed by atoms with Crippen molar-refractivity contribution in [3.05, 3.63) is 83.4 Å². The number of carbonyl (C=O) groups excluding carboxylic acids is 1. The van der Waals surface area contributed by atoms with Gasteiger partial charge in [0, 0.05) is 31.3 Å². The monoisotopic (exact) mass is 484 g/mol. The summed E-state index contributed by atoms with van der Waals surface area (Å²) in [5, 5.41) is 3.04. The SMILES string of the molecule is CCCOc1ccc(S(=O)(=O)c2ccc(CNC(=O)c3cnc4nccn4c3)cc2)cc1Cl. The number of amides is 1. The second kappa shape index (κ2) is 9.60. The number of hydrogen-bond donors (Lipinski definition) is 1. The Kier molecular flexibility index (Phi) is 6.62. The van der Waals surface area contributed by atoms with Gasteiger partial charge in [0.25, 0.3) is 5.91 Å². The van der Waals surface area contributed by atoms with Gasteiger partial charge in [-0.1, -0.05) is 30.7 Å². The molecule has 0 spiro atoms. The van der Waals surface area contributed by atoms with E-state index >= 15 is 0 Å². The van der Waals surface area contributed by atoms with Crippen molar-refractivity contribution in [2.24, 2.45) is 0 Å². The van der Waals surface area contributed by atoms with E-state index in [0.717, 1.165) is 12.0 Å². The molecule has 0 saturated carbocycles. The fourth-order valence-corrected chi connectivity index (χ4v) is 4.70. The summed E-state index contributed by atoms with van der Waals surface area (Å²) in [6.45, 7) is 2.70. The van der Waals surface area contributed by atoms with E-state index in [1.54, 1.807) is 41.2 Å². The Labute approximate surface area is 196 Å². The lowest BCUT2D eigenvalue weighted by Gasteiger charge is -2.10. The van der Waals surface area contributed by atoms with Crippen molar-refractivity contribution >= 4 is 33.1 Å². The van der Waals surface area contributed by atoms with Gasteiger partial charge in [0.15, 0.2) is 0 Å². The Bertz CT molecular complexity index is 1400. The highest BCUT2D eigenvalue weighted by Crippen LogP contribution is 2.30. The van der Waals surface area contributed by atoms with Gasteiger partial charge in [-0.15, -0.1) is 0 Å². The van der Waals surface area contributed by atoms with Gasteiger partial charge in [0.2, 0.25) is 15.6 Å². The van der Waals surface area contributed by atoms with Crippen LogP contribution >= 0.6 is 11.6 Å². The molecule has 4 rings (SSSR count). The quantitative estimate of drug-likeness (QED) is 0.406. The first-order chi connectivity index (χ1) is 15.9. The molecule has 2 aromatic heterocycles. The lowest BCUT2D eigenvalue weighted by atomic mass is 10.2. The molecule has 0 unspecified atom stereocenters. The van der Waals surface area contributed by atoms with Crippen molar-refractivity contribution < 1.29 is 17.9 Å². The van der Waals surface area contributed by atoms with Crippen molar-refractivity contribution in [2.45, 2.75) is 29.7 Å². The summed E-state index contributed by atoms with van der Waals surface area (Å²) in [6, 6.07) is 10.8. The summed E-state index contributed by atoms with van der Waals surface area (Å²) < 4.78 is 33.1. The van der Waals surface area contributed by atoms with E-state index in [2.05, 4.69) is 15.3 Å². The Hall–Kier alpha value is -3.43. The molecule has 0 fully saturated rings. The van der Waals surface area contributed by atoms with Crippen LogP contribution in [0.1, 0.15) is 29.3 Å². The summed E-state index contributed by atoms with van der Waals surface area (Å²) in [5.41, 5.74) is 1.14. The number of carbonyl (C=O) groups is 1. The molecule has 1 amide bonds. The molecular weight excluding hydrogens is 464 g/mol. The lowest BCUT2D eigenvalue weighted by molar-refractivity contribution is 0.0950. The topological polar surface area (TPSA) is 103 Å². The molecule has 0 bridgehead atoms. The highest BCUT2D eigenvalue weighted by atomic mass is 35.5. The number of fused-ring (bicyclic) bond motifs is 1. The second-order valence-electron chi connectivity index (χ2n) is 7.25. The standard InChI is InChI=1S/C23H21ClN4O4S/c1-2-11-32-21-8-7-19(12-20(21)24)33(30,31)18-5-3-16(4-6-18)13-26-22(29)17-14-27-23-25-9-10-28(23)15-17/h3-10,12,14-15H,2,11,13H2,1H3,(H,26,29). The van der Waals surface area contributed by atoms with E-state index < -0.39 is 9.84 Å². The maximum atomic E-state index is 13.0. The third-order valence-corrected chi connectivity index (χ3v) is 6.93. The van der Waals surface area contributed by atoms with Crippen LogP contribution in [0.4, 0.5) is 0 Å². The fourth-order valence-electron chi connectivity index (χ4n) is 3.12. The molecule has 1 N–H and O–H groups in total. The van der Waals surface area contributed by atoms with Gasteiger partial charge in [-0.25, -0.2) is 18.4 Å². The zero-order valence-corrected chi connectivity index (χ0v) is 19.3. The van der Waals surface area contributed by atoms with Crippen molar-refractivity contribution in [3.63, 3.8) is 0 Å². The van der Waals surface area contributed by atoms with E-state index in [1.807, 2.05) is 6.92 Å². The van der Waals surface area contributed by atoms with E-state index in [-0.39, 0.29) is 27.3 Å². The highest BCUT2D eigenvalue weighted by Gasteiger charge is 2.19. The van der Waals surface area contributed by atoms with E-state index in [1.165, 1.54) is 30.5 Å². The molecule has 10 heteroatoms. The number of nitrogens with one attached hydrogen (secondary N) is 1. The summed E-state index contributed by atoms with van der Waals surface area (Å²) in [6.07, 6.45) is 7.22. The van der Waals surface area contributed by atoms with Gasteiger partial charge in [-0.2, -0.15) is 0 Å². The molecule has 0 radical (unpaired) electrons. The van der Waals surface area contributed by atoms with Crippen LogP contribution in [-0.4, -0.2) is 35.3 Å². The molecule has 0 atom stereocenters. The van der Waals surface area contributed by atoms with Gasteiger partial charge in [-0.3, -0.25) is 9.20 Å². The van der Waals surface area contributed by atoms with Gasteiger partial charge < -0.3 is 10.1 Å². The normalized spacial score (nSPS) is 11.5. The van der Waals surface area contributed by atoms with Crippen LogP contribution < -0.4 is 10.1 Å². The minimum Gasteiger partial charge on any atom is -0.492 e. The van der Waals surface area contributed by atoms with Gasteiger partial charge >= 0.3 is 0 Å². The number of rotatable bonds is 8. The molecule has 0 saturated heterocycles. The molecular formula is C23H21ClN4O4S. The first kappa shape index (κ1) is 22.8.